The van der Waals surface area contributed by atoms with Crippen molar-refractivity contribution in [1.82, 2.24) is 9.97 Å². The Bertz CT molecular complexity index is 607. The molecule has 0 bridgehead atoms. The summed E-state index contributed by atoms with van der Waals surface area (Å²) in [6.07, 6.45) is 3.97. The van der Waals surface area contributed by atoms with E-state index in [0.717, 1.165) is 30.7 Å². The first-order valence-electron chi connectivity index (χ1n) is 5.85. The molecule has 0 atom stereocenters. The zero-order valence-corrected chi connectivity index (χ0v) is 10.8. The van der Waals surface area contributed by atoms with Gasteiger partial charge in [0.1, 0.15) is 0 Å². The minimum atomic E-state index is 0.329. The zero-order chi connectivity index (χ0) is 12.5. The van der Waals surface area contributed by atoms with Crippen LogP contribution in [0.1, 0.15) is 33.9 Å². The quantitative estimate of drug-likeness (QED) is 0.627. The van der Waals surface area contributed by atoms with Crippen LogP contribution in [0.15, 0.2) is 26.8 Å². The van der Waals surface area contributed by atoms with Crippen molar-refractivity contribution in [1.29, 1.82) is 0 Å². The number of aromatic nitrogens is 2. The standard InChI is InChI=1S/C13H12N2O2S/c1-8-10-3-2-4-11(10)15-13(14-8)18-12-6-5-9(7-16)17-12/h5-7H,2-4H2,1H3. The Morgan fingerprint density at radius 2 is 2.22 bits per heavy atom. The Labute approximate surface area is 109 Å². The first-order chi connectivity index (χ1) is 8.76. The van der Waals surface area contributed by atoms with Crippen molar-refractivity contribution < 1.29 is 9.21 Å². The second-order valence-electron chi connectivity index (χ2n) is 4.25. The van der Waals surface area contributed by atoms with E-state index < -0.39 is 0 Å². The number of nitrogens with zero attached hydrogens (tertiary/aromatic N) is 2. The van der Waals surface area contributed by atoms with Gasteiger partial charge in [-0.15, -0.1) is 0 Å². The predicted molar refractivity (Wildman–Crippen MR) is 67.0 cm³/mol. The van der Waals surface area contributed by atoms with Crippen LogP contribution in [0.2, 0.25) is 0 Å². The molecular formula is C13H12N2O2S. The van der Waals surface area contributed by atoms with Crippen LogP contribution in [0.3, 0.4) is 0 Å². The summed E-state index contributed by atoms with van der Waals surface area (Å²) >= 11 is 1.36. The fourth-order valence-corrected chi connectivity index (χ4v) is 2.97. The third kappa shape index (κ3) is 2.06. The number of carbonyl (C=O) groups is 1. The Hall–Kier alpha value is -1.62. The van der Waals surface area contributed by atoms with Gasteiger partial charge in [-0.2, -0.15) is 0 Å². The fourth-order valence-electron chi connectivity index (χ4n) is 2.18. The number of rotatable bonds is 3. The number of aldehydes is 1. The number of furan rings is 1. The van der Waals surface area contributed by atoms with Crippen molar-refractivity contribution in [2.24, 2.45) is 0 Å². The number of hydrogen-bond donors (Lipinski definition) is 0. The molecular weight excluding hydrogens is 248 g/mol. The lowest BCUT2D eigenvalue weighted by Gasteiger charge is -2.04. The summed E-state index contributed by atoms with van der Waals surface area (Å²) < 4.78 is 5.31. The highest BCUT2D eigenvalue weighted by Gasteiger charge is 2.17. The van der Waals surface area contributed by atoms with Crippen LogP contribution < -0.4 is 0 Å². The molecule has 2 aromatic heterocycles. The van der Waals surface area contributed by atoms with Crippen molar-refractivity contribution in [3.8, 4) is 0 Å². The first kappa shape index (κ1) is 11.5. The molecule has 0 spiro atoms. The van der Waals surface area contributed by atoms with Gasteiger partial charge >= 0.3 is 0 Å². The number of hydrogen-bond acceptors (Lipinski definition) is 5. The smallest absolute Gasteiger partial charge is 0.195 e. The van der Waals surface area contributed by atoms with Crippen LogP contribution in [-0.4, -0.2) is 16.3 Å². The number of carbonyl (C=O) groups excluding carboxylic acids is 1. The van der Waals surface area contributed by atoms with Crippen LogP contribution in [-0.2, 0) is 12.8 Å². The average Bonchev–Trinajstić information content (AvgIpc) is 2.97. The summed E-state index contributed by atoms with van der Waals surface area (Å²) in [4.78, 5) is 19.6. The first-order valence-corrected chi connectivity index (χ1v) is 6.67. The molecule has 0 aromatic carbocycles. The van der Waals surface area contributed by atoms with Gasteiger partial charge in [0.15, 0.2) is 22.3 Å². The van der Waals surface area contributed by atoms with Gasteiger partial charge in [-0.25, -0.2) is 9.97 Å². The van der Waals surface area contributed by atoms with E-state index in [1.54, 1.807) is 12.1 Å². The molecule has 0 saturated heterocycles. The van der Waals surface area contributed by atoms with E-state index in [9.17, 15) is 4.79 Å². The SMILES string of the molecule is Cc1nc(Sc2ccc(C=O)o2)nc2c1CCC2. The molecule has 4 nitrogen and oxygen atoms in total. The topological polar surface area (TPSA) is 56.0 Å². The van der Waals surface area contributed by atoms with Gasteiger partial charge in [-0.1, -0.05) is 0 Å². The largest absolute Gasteiger partial charge is 0.447 e. The van der Waals surface area contributed by atoms with Gasteiger partial charge < -0.3 is 4.42 Å². The average molecular weight is 260 g/mol. The molecule has 5 heteroatoms. The molecule has 1 aliphatic carbocycles. The third-order valence-corrected chi connectivity index (χ3v) is 3.82. The van der Waals surface area contributed by atoms with Gasteiger partial charge in [0.05, 0.1) is 0 Å². The Morgan fingerprint density at radius 1 is 1.33 bits per heavy atom. The van der Waals surface area contributed by atoms with E-state index in [2.05, 4.69) is 9.97 Å². The minimum absolute atomic E-state index is 0.329. The highest BCUT2D eigenvalue weighted by atomic mass is 32.2. The van der Waals surface area contributed by atoms with Gasteiger partial charge in [-0.05, 0) is 55.6 Å². The lowest BCUT2D eigenvalue weighted by molar-refractivity contribution is 0.109. The van der Waals surface area contributed by atoms with Gasteiger partial charge in [-0.3, -0.25) is 4.79 Å². The molecule has 0 saturated carbocycles. The molecule has 0 fully saturated rings. The van der Waals surface area contributed by atoms with Crippen LogP contribution in [0.25, 0.3) is 0 Å². The highest BCUT2D eigenvalue weighted by Crippen LogP contribution is 2.30. The molecule has 92 valence electrons. The summed E-state index contributed by atoms with van der Waals surface area (Å²) in [5.74, 6) is 0.329. The number of fused-ring (bicyclic) bond motifs is 1. The van der Waals surface area contributed by atoms with Gasteiger partial charge in [0, 0.05) is 11.4 Å². The fraction of sp³-hybridized carbons (Fsp3) is 0.308. The van der Waals surface area contributed by atoms with Crippen molar-refractivity contribution >= 4 is 18.0 Å². The summed E-state index contributed by atoms with van der Waals surface area (Å²) in [5, 5.41) is 1.34. The maximum absolute atomic E-state index is 10.5. The van der Waals surface area contributed by atoms with E-state index >= 15 is 0 Å². The van der Waals surface area contributed by atoms with Crippen LogP contribution in [0.4, 0.5) is 0 Å². The van der Waals surface area contributed by atoms with Gasteiger partial charge in [0.2, 0.25) is 0 Å². The van der Waals surface area contributed by atoms with Gasteiger partial charge in [0.25, 0.3) is 0 Å². The van der Waals surface area contributed by atoms with Crippen molar-refractivity contribution in [2.75, 3.05) is 0 Å². The lowest BCUT2D eigenvalue weighted by Crippen LogP contribution is -1.98. The lowest BCUT2D eigenvalue weighted by atomic mass is 10.2. The molecule has 3 rings (SSSR count). The molecule has 0 unspecified atom stereocenters. The molecule has 0 radical (unpaired) electrons. The maximum atomic E-state index is 10.5. The molecule has 18 heavy (non-hydrogen) atoms. The van der Waals surface area contributed by atoms with E-state index in [1.165, 1.54) is 17.3 Å². The molecule has 0 aliphatic heterocycles. The summed E-state index contributed by atoms with van der Waals surface area (Å²) in [6, 6.07) is 3.41. The maximum Gasteiger partial charge on any atom is 0.195 e. The second-order valence-corrected chi connectivity index (χ2v) is 5.22. The zero-order valence-electron chi connectivity index (χ0n) is 9.97. The van der Waals surface area contributed by atoms with E-state index in [1.807, 2.05) is 6.92 Å². The van der Waals surface area contributed by atoms with Crippen LogP contribution >= 0.6 is 11.8 Å². The molecule has 2 heterocycles. The molecule has 1 aliphatic rings. The monoisotopic (exact) mass is 260 g/mol. The Kier molecular flexibility index (Phi) is 2.91. The number of aryl methyl sites for hydroxylation is 2. The van der Waals surface area contributed by atoms with Crippen molar-refractivity contribution in [3.05, 3.63) is 34.8 Å². The second kappa shape index (κ2) is 4.57. The highest BCUT2D eigenvalue weighted by molar-refractivity contribution is 7.99. The molecule has 0 N–H and O–H groups in total. The van der Waals surface area contributed by atoms with E-state index in [0.29, 0.717) is 22.3 Å². The Balaban J connectivity index is 1.89. The molecule has 2 aromatic rings. The van der Waals surface area contributed by atoms with Crippen molar-refractivity contribution in [2.45, 2.75) is 36.4 Å². The van der Waals surface area contributed by atoms with E-state index in [-0.39, 0.29) is 0 Å². The summed E-state index contributed by atoms with van der Waals surface area (Å²) in [5.41, 5.74) is 3.52. The summed E-state index contributed by atoms with van der Waals surface area (Å²) in [7, 11) is 0. The van der Waals surface area contributed by atoms with E-state index in [4.69, 9.17) is 4.42 Å². The van der Waals surface area contributed by atoms with Crippen molar-refractivity contribution in [3.63, 3.8) is 0 Å². The molecule has 0 amide bonds. The normalized spacial score (nSPS) is 13.6. The Morgan fingerprint density at radius 3 is 3.00 bits per heavy atom. The summed E-state index contributed by atoms with van der Waals surface area (Å²) in [6.45, 7) is 2.02. The third-order valence-electron chi connectivity index (χ3n) is 3.03. The van der Waals surface area contributed by atoms with Crippen LogP contribution in [0, 0.1) is 6.92 Å². The minimum Gasteiger partial charge on any atom is -0.447 e. The predicted octanol–water partition coefficient (Wildman–Crippen LogP) is 2.83. The van der Waals surface area contributed by atoms with Crippen LogP contribution in [0.5, 0.6) is 0 Å².